The Morgan fingerprint density at radius 1 is 1.39 bits per heavy atom. The molecule has 0 aliphatic carbocycles. The summed E-state index contributed by atoms with van der Waals surface area (Å²) >= 11 is 0. The second-order valence-corrected chi connectivity index (χ2v) is 7.65. The van der Waals surface area contributed by atoms with E-state index in [1.807, 2.05) is 0 Å². The second-order valence-electron chi connectivity index (χ2n) is 5.67. The average Bonchev–Trinajstić information content (AvgIpc) is 2.96. The van der Waals surface area contributed by atoms with E-state index < -0.39 is 15.9 Å². The van der Waals surface area contributed by atoms with Gasteiger partial charge in [0, 0.05) is 25.3 Å². The smallest absolute Gasteiger partial charge is 0.261 e. The molecule has 3 rings (SSSR count). The fraction of sp³-hybridized carbons (Fsp3) is 0.462. The largest absolute Gasteiger partial charge is 0.365 e. The SMILES string of the molecule is CS(=O)(=O)N1CCC(n2cc(C(N)=O)c3[nH]ncc3c2=O)CC1. The molecule has 0 saturated carbocycles. The minimum atomic E-state index is -3.23. The number of fused-ring (bicyclic) bond motifs is 1. The maximum atomic E-state index is 12.6. The predicted molar refractivity (Wildman–Crippen MR) is 83.6 cm³/mol. The van der Waals surface area contributed by atoms with Crippen molar-refractivity contribution in [3.05, 3.63) is 28.3 Å². The Labute approximate surface area is 132 Å². The molecule has 0 unspecified atom stereocenters. The van der Waals surface area contributed by atoms with Crippen LogP contribution in [0.15, 0.2) is 17.2 Å². The molecule has 3 heterocycles. The van der Waals surface area contributed by atoms with Crippen molar-refractivity contribution in [1.82, 2.24) is 19.1 Å². The van der Waals surface area contributed by atoms with Gasteiger partial charge in [0.05, 0.1) is 28.9 Å². The summed E-state index contributed by atoms with van der Waals surface area (Å²) < 4.78 is 26.0. The molecule has 124 valence electrons. The minimum absolute atomic E-state index is 0.183. The van der Waals surface area contributed by atoms with E-state index in [0.29, 0.717) is 36.8 Å². The molecule has 1 fully saturated rings. The Morgan fingerprint density at radius 3 is 2.61 bits per heavy atom. The third kappa shape index (κ3) is 2.75. The fourth-order valence-corrected chi connectivity index (χ4v) is 3.84. The van der Waals surface area contributed by atoms with E-state index in [1.54, 1.807) is 0 Å². The van der Waals surface area contributed by atoms with Crippen molar-refractivity contribution in [2.75, 3.05) is 19.3 Å². The zero-order valence-electron chi connectivity index (χ0n) is 12.5. The van der Waals surface area contributed by atoms with Crippen LogP contribution < -0.4 is 11.3 Å². The first-order valence-corrected chi connectivity index (χ1v) is 8.97. The molecule has 2 aromatic rings. The van der Waals surface area contributed by atoms with Crippen molar-refractivity contribution >= 4 is 26.8 Å². The van der Waals surface area contributed by atoms with E-state index in [9.17, 15) is 18.0 Å². The highest BCUT2D eigenvalue weighted by molar-refractivity contribution is 7.88. The third-order valence-corrected chi connectivity index (χ3v) is 5.50. The number of aromatic amines is 1. The van der Waals surface area contributed by atoms with Crippen LogP contribution in [-0.2, 0) is 10.0 Å². The molecule has 23 heavy (non-hydrogen) atoms. The van der Waals surface area contributed by atoms with Crippen molar-refractivity contribution in [3.8, 4) is 0 Å². The number of aromatic nitrogens is 3. The minimum Gasteiger partial charge on any atom is -0.365 e. The number of primary amides is 1. The Morgan fingerprint density at radius 2 is 2.04 bits per heavy atom. The van der Waals surface area contributed by atoms with E-state index in [4.69, 9.17) is 5.73 Å². The van der Waals surface area contributed by atoms with Crippen LogP contribution in [0.4, 0.5) is 0 Å². The molecular weight excluding hydrogens is 322 g/mol. The highest BCUT2D eigenvalue weighted by Crippen LogP contribution is 2.24. The summed E-state index contributed by atoms with van der Waals surface area (Å²) in [6, 6.07) is -0.183. The average molecular weight is 339 g/mol. The van der Waals surface area contributed by atoms with Crippen molar-refractivity contribution in [1.29, 1.82) is 0 Å². The number of rotatable bonds is 3. The molecule has 2 aromatic heterocycles. The van der Waals surface area contributed by atoms with Crippen molar-refractivity contribution in [2.24, 2.45) is 5.73 Å². The van der Waals surface area contributed by atoms with E-state index in [-0.39, 0.29) is 17.2 Å². The van der Waals surface area contributed by atoms with Crippen molar-refractivity contribution in [2.45, 2.75) is 18.9 Å². The summed E-state index contributed by atoms with van der Waals surface area (Å²) in [6.45, 7) is 0.677. The highest BCUT2D eigenvalue weighted by Gasteiger charge is 2.27. The number of carbonyl (C=O) groups is 1. The number of nitrogens with one attached hydrogen (secondary N) is 1. The van der Waals surface area contributed by atoms with Gasteiger partial charge in [0.2, 0.25) is 10.0 Å². The van der Waals surface area contributed by atoms with Crippen molar-refractivity contribution in [3.63, 3.8) is 0 Å². The summed E-state index contributed by atoms with van der Waals surface area (Å²) in [5.74, 6) is -0.651. The molecule has 1 aliphatic rings. The number of carbonyl (C=O) groups excluding carboxylic acids is 1. The van der Waals surface area contributed by atoms with Crippen LogP contribution in [0.1, 0.15) is 29.2 Å². The van der Waals surface area contributed by atoms with Gasteiger partial charge >= 0.3 is 0 Å². The quantitative estimate of drug-likeness (QED) is 0.772. The van der Waals surface area contributed by atoms with Crippen molar-refractivity contribution < 1.29 is 13.2 Å². The lowest BCUT2D eigenvalue weighted by molar-refractivity contribution is 0.100. The summed E-state index contributed by atoms with van der Waals surface area (Å²) in [7, 11) is -3.23. The summed E-state index contributed by atoms with van der Waals surface area (Å²) in [4.78, 5) is 24.2. The maximum absolute atomic E-state index is 12.6. The lowest BCUT2D eigenvalue weighted by atomic mass is 10.1. The first-order chi connectivity index (χ1) is 10.8. The van der Waals surface area contributed by atoms with Crippen LogP contribution in [0.3, 0.4) is 0 Å². The number of H-pyrrole nitrogens is 1. The standard InChI is InChI=1S/C13H17N5O4S/c1-23(21,22)17-4-2-8(3-5-17)18-7-10(12(14)19)11-9(13(18)20)6-15-16-11/h6-8H,2-5H2,1H3,(H2,14,19)(H,15,16). The van der Waals surface area contributed by atoms with Crippen LogP contribution in [0.2, 0.25) is 0 Å². The van der Waals surface area contributed by atoms with Gasteiger partial charge in [-0.2, -0.15) is 5.10 Å². The molecule has 0 aromatic carbocycles. The number of nitrogens with zero attached hydrogens (tertiary/aromatic N) is 3. The van der Waals surface area contributed by atoms with E-state index in [1.165, 1.54) is 27.5 Å². The van der Waals surface area contributed by atoms with Crippen LogP contribution in [0, 0.1) is 0 Å². The lowest BCUT2D eigenvalue weighted by Gasteiger charge is -2.31. The molecular formula is C13H17N5O4S. The zero-order chi connectivity index (χ0) is 16.8. The highest BCUT2D eigenvalue weighted by atomic mass is 32.2. The molecule has 0 radical (unpaired) electrons. The van der Waals surface area contributed by atoms with Gasteiger partial charge in [0.15, 0.2) is 0 Å². The molecule has 3 N–H and O–H groups in total. The van der Waals surface area contributed by atoms with E-state index >= 15 is 0 Å². The lowest BCUT2D eigenvalue weighted by Crippen LogP contribution is -2.40. The number of piperidine rings is 1. The molecule has 0 bridgehead atoms. The molecule has 10 heteroatoms. The summed E-state index contributed by atoms with van der Waals surface area (Å²) in [5.41, 5.74) is 5.63. The predicted octanol–water partition coefficient (Wildman–Crippen LogP) is -0.580. The molecule has 0 spiro atoms. The first kappa shape index (κ1) is 15.7. The number of nitrogens with two attached hydrogens (primary N) is 1. The van der Waals surface area contributed by atoms with Gasteiger partial charge in [-0.15, -0.1) is 0 Å². The number of hydrogen-bond donors (Lipinski definition) is 2. The van der Waals surface area contributed by atoms with E-state index in [2.05, 4.69) is 10.2 Å². The van der Waals surface area contributed by atoms with Gasteiger partial charge in [-0.05, 0) is 12.8 Å². The van der Waals surface area contributed by atoms with E-state index in [0.717, 1.165) is 0 Å². The molecule has 9 nitrogen and oxygen atoms in total. The normalized spacial score (nSPS) is 17.6. The number of hydrogen-bond acceptors (Lipinski definition) is 5. The monoisotopic (exact) mass is 339 g/mol. The Kier molecular flexibility index (Phi) is 3.72. The Balaban J connectivity index is 2.00. The van der Waals surface area contributed by atoms with Crippen LogP contribution in [0.25, 0.3) is 10.9 Å². The van der Waals surface area contributed by atoms with Gasteiger partial charge in [-0.3, -0.25) is 14.7 Å². The summed E-state index contributed by atoms with van der Waals surface area (Å²) in [6.07, 6.45) is 4.96. The number of pyridine rings is 1. The first-order valence-electron chi connectivity index (χ1n) is 7.12. The van der Waals surface area contributed by atoms with Gasteiger partial charge in [0.1, 0.15) is 0 Å². The van der Waals surface area contributed by atoms with Crippen LogP contribution in [-0.4, -0.2) is 52.7 Å². The molecule has 1 aliphatic heterocycles. The summed E-state index contributed by atoms with van der Waals surface area (Å²) in [5, 5.41) is 6.72. The van der Waals surface area contributed by atoms with Gasteiger partial charge in [-0.25, -0.2) is 12.7 Å². The number of amides is 1. The topological polar surface area (TPSA) is 131 Å². The Hall–Kier alpha value is -2.20. The molecule has 1 amide bonds. The zero-order valence-corrected chi connectivity index (χ0v) is 13.3. The Bertz CT molecular complexity index is 921. The third-order valence-electron chi connectivity index (χ3n) is 4.19. The van der Waals surface area contributed by atoms with Gasteiger partial charge in [-0.1, -0.05) is 0 Å². The van der Waals surface area contributed by atoms with Crippen LogP contribution in [0.5, 0.6) is 0 Å². The van der Waals surface area contributed by atoms with Crippen LogP contribution >= 0.6 is 0 Å². The van der Waals surface area contributed by atoms with Gasteiger partial charge in [0.25, 0.3) is 11.5 Å². The van der Waals surface area contributed by atoms with Gasteiger partial charge < -0.3 is 10.3 Å². The molecule has 1 saturated heterocycles. The second kappa shape index (κ2) is 5.46. The molecule has 0 atom stereocenters. The maximum Gasteiger partial charge on any atom is 0.261 e. The number of sulfonamides is 1. The fourth-order valence-electron chi connectivity index (χ4n) is 2.96.